The van der Waals surface area contributed by atoms with Crippen LogP contribution in [0.3, 0.4) is 0 Å². The van der Waals surface area contributed by atoms with Crippen LogP contribution in [-0.2, 0) is 16.1 Å². The van der Waals surface area contributed by atoms with Crippen LogP contribution in [0.15, 0.2) is 41.2 Å². The van der Waals surface area contributed by atoms with Crippen LogP contribution >= 0.6 is 0 Å². The molecular formula is C24H27N3O6. The van der Waals surface area contributed by atoms with Crippen molar-refractivity contribution in [3.63, 3.8) is 0 Å². The van der Waals surface area contributed by atoms with E-state index < -0.39 is 5.97 Å². The minimum absolute atomic E-state index is 0.0182. The lowest BCUT2D eigenvalue weighted by Gasteiger charge is -2.43. The number of methoxy groups -OCH3 is 1. The predicted octanol–water partition coefficient (Wildman–Crippen LogP) is 2.31. The molecule has 33 heavy (non-hydrogen) atoms. The number of piperidine rings is 1. The molecule has 2 aliphatic rings. The van der Waals surface area contributed by atoms with E-state index in [1.807, 2.05) is 6.07 Å². The molecule has 0 radical (unpaired) electrons. The Kier molecular flexibility index (Phi) is 6.48. The van der Waals surface area contributed by atoms with E-state index in [2.05, 4.69) is 5.32 Å². The minimum atomic E-state index is -0.901. The third-order valence-corrected chi connectivity index (χ3v) is 6.34. The SMILES string of the molecule is COc1ccc(C(=O)Nc2ccc3n(c2=O)CC2CC3CN(C(=O)CCCC(=O)O)C2)cc1. The quantitative estimate of drug-likeness (QED) is 0.664. The summed E-state index contributed by atoms with van der Waals surface area (Å²) < 4.78 is 6.82. The fourth-order valence-electron chi connectivity index (χ4n) is 4.73. The van der Waals surface area contributed by atoms with E-state index in [-0.39, 0.29) is 47.7 Å². The van der Waals surface area contributed by atoms with Gasteiger partial charge in [-0.25, -0.2) is 0 Å². The first-order valence-corrected chi connectivity index (χ1v) is 11.0. The van der Waals surface area contributed by atoms with E-state index >= 15 is 0 Å². The summed E-state index contributed by atoms with van der Waals surface area (Å²) in [6.45, 7) is 1.55. The number of aromatic nitrogens is 1. The molecule has 9 heteroatoms. The van der Waals surface area contributed by atoms with Crippen molar-refractivity contribution in [2.24, 2.45) is 5.92 Å². The van der Waals surface area contributed by atoms with Gasteiger partial charge in [-0.1, -0.05) is 0 Å². The van der Waals surface area contributed by atoms with Crippen LogP contribution in [0, 0.1) is 5.92 Å². The summed E-state index contributed by atoms with van der Waals surface area (Å²) in [5.74, 6) is -0.484. The Morgan fingerprint density at radius 2 is 1.82 bits per heavy atom. The third-order valence-electron chi connectivity index (χ3n) is 6.34. The van der Waals surface area contributed by atoms with Gasteiger partial charge in [0.05, 0.1) is 7.11 Å². The first-order chi connectivity index (χ1) is 15.9. The number of carbonyl (C=O) groups excluding carboxylic acids is 2. The van der Waals surface area contributed by atoms with E-state index in [0.717, 1.165) is 12.1 Å². The zero-order valence-electron chi connectivity index (χ0n) is 18.5. The zero-order chi connectivity index (χ0) is 23.5. The number of benzene rings is 1. The molecule has 2 aromatic rings. The number of anilines is 1. The lowest BCUT2D eigenvalue weighted by Crippen LogP contribution is -2.49. The smallest absolute Gasteiger partial charge is 0.303 e. The second kappa shape index (κ2) is 9.48. The first-order valence-electron chi connectivity index (χ1n) is 11.0. The van der Waals surface area contributed by atoms with Crippen molar-refractivity contribution >= 4 is 23.5 Å². The lowest BCUT2D eigenvalue weighted by atomic mass is 9.83. The summed E-state index contributed by atoms with van der Waals surface area (Å²) in [5.41, 5.74) is 1.26. The summed E-state index contributed by atoms with van der Waals surface area (Å²) in [6, 6.07) is 10.1. The number of carboxylic acid groups (broad SMARTS) is 1. The Hall–Kier alpha value is -3.62. The van der Waals surface area contributed by atoms with Crippen LogP contribution in [0.5, 0.6) is 5.75 Å². The number of amides is 2. The Morgan fingerprint density at radius 1 is 1.06 bits per heavy atom. The van der Waals surface area contributed by atoms with Crippen molar-refractivity contribution in [3.05, 3.63) is 58.0 Å². The fraction of sp³-hybridized carbons (Fsp3) is 0.417. The molecule has 2 N–H and O–H groups in total. The van der Waals surface area contributed by atoms with Crippen molar-refractivity contribution in [2.45, 2.75) is 38.1 Å². The lowest BCUT2D eigenvalue weighted by molar-refractivity contribution is -0.137. The van der Waals surface area contributed by atoms with Crippen LogP contribution in [0.1, 0.15) is 47.7 Å². The van der Waals surface area contributed by atoms with E-state index in [4.69, 9.17) is 9.84 Å². The second-order valence-corrected chi connectivity index (χ2v) is 8.61. The van der Waals surface area contributed by atoms with Crippen LogP contribution in [0.2, 0.25) is 0 Å². The molecule has 174 valence electrons. The standard InChI is InChI=1S/C24H27N3O6/c1-33-18-7-5-16(6-8-18)23(31)25-19-9-10-20-17-11-15(13-27(20)24(19)32)12-26(14-17)21(28)3-2-4-22(29)30/h5-10,15,17H,2-4,11-14H2,1H3,(H,25,31)(H,29,30). The van der Waals surface area contributed by atoms with Crippen LogP contribution in [0.4, 0.5) is 5.69 Å². The Morgan fingerprint density at radius 3 is 2.52 bits per heavy atom. The van der Waals surface area contributed by atoms with Crippen LogP contribution in [0.25, 0.3) is 0 Å². The zero-order valence-corrected chi connectivity index (χ0v) is 18.5. The van der Waals surface area contributed by atoms with Gasteiger partial charge in [0.15, 0.2) is 0 Å². The van der Waals surface area contributed by atoms with Gasteiger partial charge in [-0.2, -0.15) is 0 Å². The maximum absolute atomic E-state index is 13.1. The number of hydrogen-bond donors (Lipinski definition) is 2. The average Bonchev–Trinajstić information content (AvgIpc) is 2.80. The van der Waals surface area contributed by atoms with Crippen LogP contribution < -0.4 is 15.6 Å². The van der Waals surface area contributed by atoms with Gasteiger partial charge in [0, 0.05) is 49.7 Å². The number of nitrogens with one attached hydrogen (secondary N) is 1. The number of pyridine rings is 1. The molecular weight excluding hydrogens is 426 g/mol. The molecule has 0 aliphatic carbocycles. The highest BCUT2D eigenvalue weighted by Gasteiger charge is 2.36. The largest absolute Gasteiger partial charge is 0.497 e. The number of rotatable bonds is 7. The van der Waals surface area contributed by atoms with Gasteiger partial charge in [0.25, 0.3) is 11.5 Å². The topological polar surface area (TPSA) is 118 Å². The molecule has 1 aromatic carbocycles. The molecule has 9 nitrogen and oxygen atoms in total. The normalized spacial score (nSPS) is 18.9. The van der Waals surface area contributed by atoms with Crippen molar-refractivity contribution in [3.8, 4) is 5.75 Å². The third kappa shape index (κ3) is 4.92. The van der Waals surface area contributed by atoms with Gasteiger partial charge in [-0.15, -0.1) is 0 Å². The van der Waals surface area contributed by atoms with E-state index in [0.29, 0.717) is 37.4 Å². The monoisotopic (exact) mass is 453 g/mol. The van der Waals surface area contributed by atoms with Crippen molar-refractivity contribution in [2.75, 3.05) is 25.5 Å². The summed E-state index contributed by atoms with van der Waals surface area (Å²) >= 11 is 0. The fourth-order valence-corrected chi connectivity index (χ4v) is 4.73. The van der Waals surface area contributed by atoms with E-state index in [1.54, 1.807) is 46.9 Å². The average molecular weight is 453 g/mol. The highest BCUT2D eigenvalue weighted by molar-refractivity contribution is 6.04. The highest BCUT2D eigenvalue weighted by Crippen LogP contribution is 2.35. The number of carboxylic acids is 1. The molecule has 2 bridgehead atoms. The van der Waals surface area contributed by atoms with Crippen molar-refractivity contribution in [1.82, 2.24) is 9.47 Å². The Bertz CT molecular complexity index is 1120. The maximum atomic E-state index is 13.1. The van der Waals surface area contributed by atoms with Gasteiger partial charge in [-0.3, -0.25) is 19.2 Å². The molecule has 2 amide bonds. The van der Waals surface area contributed by atoms with Crippen LogP contribution in [-0.4, -0.2) is 52.6 Å². The Balaban J connectivity index is 1.47. The number of fused-ring (bicyclic) bond motifs is 4. The highest BCUT2D eigenvalue weighted by atomic mass is 16.5. The summed E-state index contributed by atoms with van der Waals surface area (Å²) in [6.07, 6.45) is 1.42. The molecule has 4 rings (SSSR count). The number of ether oxygens (including phenoxy) is 1. The van der Waals surface area contributed by atoms with Gasteiger partial charge < -0.3 is 24.6 Å². The first kappa shape index (κ1) is 22.6. The van der Waals surface area contributed by atoms with E-state index in [1.165, 1.54) is 0 Å². The van der Waals surface area contributed by atoms with Crippen molar-refractivity contribution in [1.29, 1.82) is 0 Å². The summed E-state index contributed by atoms with van der Waals surface area (Å²) in [5, 5.41) is 11.5. The summed E-state index contributed by atoms with van der Waals surface area (Å²) in [7, 11) is 1.55. The molecule has 1 fully saturated rings. The number of likely N-dealkylation sites (tertiary alicyclic amines) is 1. The van der Waals surface area contributed by atoms with Gasteiger partial charge in [-0.05, 0) is 55.2 Å². The molecule has 0 saturated carbocycles. The number of aliphatic carboxylic acids is 1. The molecule has 2 atom stereocenters. The second-order valence-electron chi connectivity index (χ2n) is 8.61. The van der Waals surface area contributed by atoms with E-state index in [9.17, 15) is 19.2 Å². The molecule has 1 aromatic heterocycles. The predicted molar refractivity (Wildman–Crippen MR) is 121 cm³/mol. The molecule has 3 heterocycles. The maximum Gasteiger partial charge on any atom is 0.303 e. The Labute approximate surface area is 191 Å². The molecule has 2 aliphatic heterocycles. The van der Waals surface area contributed by atoms with Gasteiger partial charge in [0.2, 0.25) is 5.91 Å². The number of nitrogens with zero attached hydrogens (tertiary/aromatic N) is 2. The molecule has 2 unspecified atom stereocenters. The molecule has 1 saturated heterocycles. The number of carbonyl (C=O) groups is 3. The number of hydrogen-bond acceptors (Lipinski definition) is 5. The summed E-state index contributed by atoms with van der Waals surface area (Å²) in [4.78, 5) is 50.8. The molecule has 0 spiro atoms. The minimum Gasteiger partial charge on any atom is -0.497 e. The van der Waals surface area contributed by atoms with Gasteiger partial charge >= 0.3 is 5.97 Å². The van der Waals surface area contributed by atoms with Crippen molar-refractivity contribution < 1.29 is 24.2 Å². The van der Waals surface area contributed by atoms with Gasteiger partial charge in [0.1, 0.15) is 11.4 Å².